The molecule has 3 rings (SSSR count). The van der Waals surface area contributed by atoms with E-state index in [2.05, 4.69) is 68.4 Å². The first-order valence-electron chi connectivity index (χ1n) is 8.19. The molecular formula is C22H21BiO2. The maximum absolute atomic E-state index is 11.5. The number of methoxy groups -OCH3 is 1. The average Bonchev–Trinajstić information content (AvgIpc) is 2.65. The van der Waals surface area contributed by atoms with Gasteiger partial charge in [0.05, 0.1) is 0 Å². The summed E-state index contributed by atoms with van der Waals surface area (Å²) in [6.45, 7) is 4.22. The van der Waals surface area contributed by atoms with Crippen molar-refractivity contribution in [3.63, 3.8) is 0 Å². The molecule has 0 amide bonds. The van der Waals surface area contributed by atoms with Crippen molar-refractivity contribution in [1.29, 1.82) is 0 Å². The Kier molecular flexibility index (Phi) is 5.65. The molecule has 25 heavy (non-hydrogen) atoms. The van der Waals surface area contributed by atoms with Gasteiger partial charge in [0.2, 0.25) is 0 Å². The third-order valence-electron chi connectivity index (χ3n) is 4.18. The van der Waals surface area contributed by atoms with Gasteiger partial charge >= 0.3 is 158 Å². The topological polar surface area (TPSA) is 26.3 Å². The van der Waals surface area contributed by atoms with Crippen LogP contribution in [0.3, 0.4) is 0 Å². The van der Waals surface area contributed by atoms with Gasteiger partial charge in [-0.2, -0.15) is 0 Å². The van der Waals surface area contributed by atoms with E-state index < -0.39 is 21.8 Å². The molecule has 0 heterocycles. The maximum atomic E-state index is 11.5. The molecule has 0 spiro atoms. The van der Waals surface area contributed by atoms with Crippen LogP contribution in [-0.4, -0.2) is 35.1 Å². The summed E-state index contributed by atoms with van der Waals surface area (Å²) >= 11 is -2.44. The number of hydrogen-bond acceptors (Lipinski definition) is 2. The molecule has 0 unspecified atom stereocenters. The summed E-state index contributed by atoms with van der Waals surface area (Å²) in [5, 5.41) is 0. The van der Waals surface area contributed by atoms with Crippen LogP contribution in [0.25, 0.3) is 0 Å². The molecule has 0 atom stereocenters. The number of carbonyl (C=O) groups excluding carboxylic acids is 1. The fourth-order valence-electron chi connectivity index (χ4n) is 2.79. The van der Waals surface area contributed by atoms with E-state index in [0.29, 0.717) is 11.3 Å². The zero-order valence-electron chi connectivity index (χ0n) is 14.7. The monoisotopic (exact) mass is 526 g/mol. The average molecular weight is 526 g/mol. The summed E-state index contributed by atoms with van der Waals surface area (Å²) in [5.74, 6) is 0.635. The normalized spacial score (nSPS) is 10.7. The number of aryl methyl sites for hydroxylation is 2. The van der Waals surface area contributed by atoms with Gasteiger partial charge in [0, 0.05) is 0 Å². The van der Waals surface area contributed by atoms with Gasteiger partial charge in [-0.15, -0.1) is 0 Å². The number of rotatable bonds is 5. The van der Waals surface area contributed by atoms with Crippen LogP contribution < -0.4 is 14.6 Å². The molecule has 0 N–H and O–H groups in total. The van der Waals surface area contributed by atoms with Crippen molar-refractivity contribution in [3.05, 3.63) is 83.4 Å². The molecule has 2 nitrogen and oxygen atoms in total. The molecule has 0 aliphatic rings. The van der Waals surface area contributed by atoms with Gasteiger partial charge in [0.1, 0.15) is 0 Å². The molecule has 0 aromatic heterocycles. The molecule has 126 valence electrons. The zero-order chi connectivity index (χ0) is 17.8. The van der Waals surface area contributed by atoms with E-state index >= 15 is 0 Å². The molecule has 0 bridgehead atoms. The summed E-state index contributed by atoms with van der Waals surface area (Å²) in [6, 6.07) is 23.8. The second-order valence-electron chi connectivity index (χ2n) is 6.05. The van der Waals surface area contributed by atoms with E-state index in [9.17, 15) is 4.79 Å². The molecule has 3 aromatic carbocycles. The number of ether oxygens (including phenoxy) is 1. The second-order valence-corrected chi connectivity index (χ2v) is 14.7. The van der Waals surface area contributed by atoms with Gasteiger partial charge < -0.3 is 0 Å². The minimum absolute atomic E-state index is 0.624. The molecule has 3 aromatic rings. The Morgan fingerprint density at radius 1 is 0.760 bits per heavy atom. The van der Waals surface area contributed by atoms with Crippen LogP contribution in [0, 0.1) is 13.8 Å². The molecule has 0 saturated heterocycles. The van der Waals surface area contributed by atoms with Gasteiger partial charge in [-0.05, 0) is 0 Å². The Balaban J connectivity index is 2.15. The Morgan fingerprint density at radius 2 is 1.24 bits per heavy atom. The van der Waals surface area contributed by atoms with Gasteiger partial charge in [0.15, 0.2) is 0 Å². The summed E-state index contributed by atoms with van der Waals surface area (Å²) in [6.07, 6.45) is 0.883. The Bertz CT molecular complexity index is 822. The number of carbonyl (C=O) groups is 1. The third-order valence-corrected chi connectivity index (χ3v) is 13.6. The molecule has 0 aliphatic heterocycles. The van der Waals surface area contributed by atoms with Gasteiger partial charge in [-0.25, -0.2) is 0 Å². The van der Waals surface area contributed by atoms with Crippen LogP contribution in [0.5, 0.6) is 5.75 Å². The molecular weight excluding hydrogens is 505 g/mol. The summed E-state index contributed by atoms with van der Waals surface area (Å²) in [7, 11) is 1.60. The SMILES string of the molecule is COc1cc[c]([Bi]([c]2ccc(C)cc2)[c]2ccc(C)cc2)cc1C=O. The van der Waals surface area contributed by atoms with Crippen molar-refractivity contribution in [3.8, 4) is 5.75 Å². The zero-order valence-corrected chi connectivity index (χ0v) is 18.2. The minimum atomic E-state index is -2.44. The van der Waals surface area contributed by atoms with E-state index in [0.717, 1.165) is 6.29 Å². The molecule has 0 radical (unpaired) electrons. The quantitative estimate of drug-likeness (QED) is 0.378. The van der Waals surface area contributed by atoms with Crippen LogP contribution in [0.15, 0.2) is 66.7 Å². The number of aldehydes is 1. The predicted octanol–water partition coefficient (Wildman–Crippen LogP) is 2.64. The fourth-order valence-corrected chi connectivity index (χ4v) is 11.7. The van der Waals surface area contributed by atoms with Crippen molar-refractivity contribution >= 4 is 37.9 Å². The first kappa shape index (κ1) is 17.8. The van der Waals surface area contributed by atoms with Crippen molar-refractivity contribution in [2.24, 2.45) is 0 Å². The Labute approximate surface area is 157 Å². The first-order valence-corrected chi connectivity index (χ1v) is 13.4. The van der Waals surface area contributed by atoms with Crippen molar-refractivity contribution in [2.45, 2.75) is 13.8 Å². The van der Waals surface area contributed by atoms with E-state index in [1.807, 2.05) is 12.1 Å². The Morgan fingerprint density at radius 3 is 1.68 bits per heavy atom. The first-order chi connectivity index (χ1) is 12.1. The predicted molar refractivity (Wildman–Crippen MR) is 105 cm³/mol. The van der Waals surface area contributed by atoms with Crippen molar-refractivity contribution in [1.82, 2.24) is 0 Å². The van der Waals surface area contributed by atoms with Crippen molar-refractivity contribution in [2.75, 3.05) is 7.11 Å². The number of benzene rings is 3. The standard InChI is InChI=1S/C8H7O2.2C7H7.Bi/c1-10-8-5-3-2-4-7(8)6-9;2*1-7-5-3-2-4-6-7;/h3-6H,1H3;2*3-6H,1H3;. The Hall–Kier alpha value is -1.99. The van der Waals surface area contributed by atoms with Crippen LogP contribution >= 0.6 is 0 Å². The van der Waals surface area contributed by atoms with Crippen LogP contribution in [0.2, 0.25) is 0 Å². The fraction of sp³-hybridized carbons (Fsp3) is 0.136. The van der Waals surface area contributed by atoms with Gasteiger partial charge in [-0.3, -0.25) is 0 Å². The van der Waals surface area contributed by atoms with E-state index in [4.69, 9.17) is 4.74 Å². The molecule has 0 saturated carbocycles. The molecule has 0 aliphatic carbocycles. The number of hydrogen-bond donors (Lipinski definition) is 0. The molecule has 3 heteroatoms. The van der Waals surface area contributed by atoms with Crippen LogP contribution in [0.4, 0.5) is 0 Å². The van der Waals surface area contributed by atoms with Crippen LogP contribution in [-0.2, 0) is 0 Å². The van der Waals surface area contributed by atoms with E-state index in [-0.39, 0.29) is 0 Å². The molecule has 0 fully saturated rings. The van der Waals surface area contributed by atoms with Crippen molar-refractivity contribution < 1.29 is 9.53 Å². The van der Waals surface area contributed by atoms with E-state index in [1.165, 1.54) is 20.9 Å². The van der Waals surface area contributed by atoms with E-state index in [1.54, 1.807) is 7.11 Å². The summed E-state index contributed by atoms with van der Waals surface area (Å²) in [4.78, 5) is 11.5. The summed E-state index contributed by atoms with van der Waals surface area (Å²) < 4.78 is 9.41. The third kappa shape index (κ3) is 3.99. The van der Waals surface area contributed by atoms with Crippen LogP contribution in [0.1, 0.15) is 21.5 Å². The van der Waals surface area contributed by atoms with Gasteiger partial charge in [0.25, 0.3) is 0 Å². The second kappa shape index (κ2) is 7.93. The summed E-state index contributed by atoms with van der Waals surface area (Å²) in [5.41, 5.74) is 3.15. The van der Waals surface area contributed by atoms with Gasteiger partial charge in [-0.1, -0.05) is 0 Å².